The van der Waals surface area contributed by atoms with E-state index in [1.165, 1.54) is 4.90 Å². The van der Waals surface area contributed by atoms with Crippen molar-refractivity contribution >= 4 is 6.09 Å². The third kappa shape index (κ3) is 2.10. The maximum atomic E-state index is 10.8. The van der Waals surface area contributed by atoms with Crippen molar-refractivity contribution in [3.8, 4) is 0 Å². The fourth-order valence-corrected chi connectivity index (χ4v) is 1.80. The van der Waals surface area contributed by atoms with Crippen LogP contribution in [0.2, 0.25) is 0 Å². The molecule has 0 bridgehead atoms. The van der Waals surface area contributed by atoms with E-state index >= 15 is 0 Å². The lowest BCUT2D eigenvalue weighted by Crippen LogP contribution is -2.46. The smallest absolute Gasteiger partial charge is 0.407 e. The molecule has 2 N–H and O–H groups in total. The van der Waals surface area contributed by atoms with E-state index in [1.807, 2.05) is 7.05 Å². The van der Waals surface area contributed by atoms with E-state index < -0.39 is 6.09 Å². The average molecular weight is 188 g/mol. The molecule has 1 saturated heterocycles. The molecule has 0 spiro atoms. The number of ether oxygens (including phenoxy) is 1. The van der Waals surface area contributed by atoms with Gasteiger partial charge in [0.25, 0.3) is 0 Å². The van der Waals surface area contributed by atoms with E-state index in [1.54, 1.807) is 7.11 Å². The Morgan fingerprint density at radius 1 is 1.77 bits per heavy atom. The lowest BCUT2D eigenvalue weighted by Gasteiger charge is -2.24. The highest BCUT2D eigenvalue weighted by Crippen LogP contribution is 2.17. The van der Waals surface area contributed by atoms with Crippen molar-refractivity contribution < 1.29 is 14.6 Å². The Hall–Kier alpha value is -0.810. The minimum absolute atomic E-state index is 0.0486. The van der Waals surface area contributed by atoms with Crippen molar-refractivity contribution in [3.63, 3.8) is 0 Å². The van der Waals surface area contributed by atoms with Gasteiger partial charge in [-0.05, 0) is 13.5 Å². The van der Waals surface area contributed by atoms with E-state index in [-0.39, 0.29) is 12.1 Å². The second kappa shape index (κ2) is 4.43. The number of hydrogen-bond donors (Lipinski definition) is 2. The number of hydrogen-bond acceptors (Lipinski definition) is 3. The summed E-state index contributed by atoms with van der Waals surface area (Å²) in [5.41, 5.74) is 0. The molecule has 1 amide bonds. The lowest BCUT2D eigenvalue weighted by atomic mass is 10.1. The summed E-state index contributed by atoms with van der Waals surface area (Å²) in [5, 5.41) is 12.0. The summed E-state index contributed by atoms with van der Waals surface area (Å²) in [6, 6.07) is 0.170. The number of carbonyl (C=O) groups is 1. The molecule has 1 aliphatic heterocycles. The van der Waals surface area contributed by atoms with Gasteiger partial charge in [-0.2, -0.15) is 0 Å². The van der Waals surface area contributed by atoms with Crippen LogP contribution >= 0.6 is 0 Å². The first-order valence-electron chi connectivity index (χ1n) is 4.36. The van der Waals surface area contributed by atoms with Crippen molar-refractivity contribution in [1.82, 2.24) is 10.2 Å². The molecule has 1 fully saturated rings. The number of methoxy groups -OCH3 is 1. The quantitative estimate of drug-likeness (QED) is 0.653. The molecule has 0 saturated carbocycles. The van der Waals surface area contributed by atoms with E-state index in [0.29, 0.717) is 13.2 Å². The van der Waals surface area contributed by atoms with Crippen molar-refractivity contribution in [1.29, 1.82) is 0 Å². The summed E-state index contributed by atoms with van der Waals surface area (Å²) in [5.74, 6) is 0. The summed E-state index contributed by atoms with van der Waals surface area (Å²) in [6.07, 6.45) is -0.00333. The van der Waals surface area contributed by atoms with Crippen LogP contribution < -0.4 is 5.32 Å². The van der Waals surface area contributed by atoms with E-state index in [4.69, 9.17) is 9.84 Å². The van der Waals surface area contributed by atoms with E-state index in [9.17, 15) is 4.79 Å². The number of nitrogens with zero attached hydrogens (tertiary/aromatic N) is 1. The molecular formula is C8H16N2O3. The van der Waals surface area contributed by atoms with Gasteiger partial charge >= 0.3 is 6.09 Å². The third-order valence-electron chi connectivity index (χ3n) is 2.50. The highest BCUT2D eigenvalue weighted by Gasteiger charge is 2.35. The summed E-state index contributed by atoms with van der Waals surface area (Å²) in [4.78, 5) is 12.2. The zero-order valence-corrected chi connectivity index (χ0v) is 7.99. The van der Waals surface area contributed by atoms with Crippen LogP contribution in [0.25, 0.3) is 0 Å². The van der Waals surface area contributed by atoms with Gasteiger partial charge in [0.05, 0.1) is 12.6 Å². The molecule has 76 valence electrons. The van der Waals surface area contributed by atoms with Crippen LogP contribution in [0.3, 0.4) is 0 Å². The Morgan fingerprint density at radius 2 is 2.46 bits per heavy atom. The fourth-order valence-electron chi connectivity index (χ4n) is 1.80. The van der Waals surface area contributed by atoms with Gasteiger partial charge in [-0.15, -0.1) is 0 Å². The second-order valence-corrected chi connectivity index (χ2v) is 3.18. The minimum atomic E-state index is -0.861. The molecule has 0 unspecified atom stereocenters. The summed E-state index contributed by atoms with van der Waals surface area (Å²) in [7, 11) is 3.43. The Balaban J connectivity index is 2.61. The van der Waals surface area contributed by atoms with Gasteiger partial charge in [0.15, 0.2) is 0 Å². The topological polar surface area (TPSA) is 61.8 Å². The van der Waals surface area contributed by atoms with Gasteiger partial charge in [0, 0.05) is 19.7 Å². The number of likely N-dealkylation sites (tertiary alicyclic amines) is 1. The molecule has 1 aliphatic rings. The van der Waals surface area contributed by atoms with Crippen LogP contribution in [0, 0.1) is 0 Å². The number of rotatable bonds is 3. The highest BCUT2D eigenvalue weighted by atomic mass is 16.5. The first kappa shape index (κ1) is 10.3. The first-order valence-corrected chi connectivity index (χ1v) is 4.36. The zero-order valence-electron chi connectivity index (χ0n) is 7.99. The predicted octanol–water partition coefficient (Wildman–Crippen LogP) is -0.0269. The molecule has 5 heteroatoms. The number of nitrogens with one attached hydrogen (secondary N) is 1. The van der Waals surface area contributed by atoms with Gasteiger partial charge in [-0.25, -0.2) is 4.79 Å². The summed E-state index contributed by atoms with van der Waals surface area (Å²) < 4.78 is 4.99. The molecule has 1 heterocycles. The molecular weight excluding hydrogens is 172 g/mol. The fraction of sp³-hybridized carbons (Fsp3) is 0.875. The molecule has 0 aromatic carbocycles. The Bertz CT molecular complexity index is 186. The van der Waals surface area contributed by atoms with Crippen molar-refractivity contribution in [2.45, 2.75) is 18.5 Å². The Kier molecular flexibility index (Phi) is 3.50. The molecule has 1 rings (SSSR count). The predicted molar refractivity (Wildman–Crippen MR) is 47.9 cm³/mol. The standard InChI is InChI=1S/C8H16N2O3/c1-9-6-3-4-10(8(11)12)7(6)5-13-2/h6-7,9H,3-5H2,1-2H3,(H,11,12)/t6-,7-/m1/s1. The van der Waals surface area contributed by atoms with Crippen LogP contribution in [0.5, 0.6) is 0 Å². The van der Waals surface area contributed by atoms with Gasteiger partial charge in [0.1, 0.15) is 0 Å². The molecule has 0 radical (unpaired) electrons. The maximum Gasteiger partial charge on any atom is 0.407 e. The largest absolute Gasteiger partial charge is 0.465 e. The van der Waals surface area contributed by atoms with Crippen LogP contribution in [0.1, 0.15) is 6.42 Å². The molecule has 0 aromatic rings. The molecule has 0 aliphatic carbocycles. The molecule has 0 aromatic heterocycles. The van der Waals surface area contributed by atoms with Crippen molar-refractivity contribution in [2.75, 3.05) is 27.3 Å². The second-order valence-electron chi connectivity index (χ2n) is 3.18. The van der Waals surface area contributed by atoms with Gasteiger partial charge < -0.3 is 20.1 Å². The summed E-state index contributed by atoms with van der Waals surface area (Å²) >= 11 is 0. The van der Waals surface area contributed by atoms with Gasteiger partial charge in [-0.1, -0.05) is 0 Å². The van der Waals surface area contributed by atoms with Crippen LogP contribution in [0.4, 0.5) is 4.79 Å². The monoisotopic (exact) mass is 188 g/mol. The van der Waals surface area contributed by atoms with Gasteiger partial charge in [0.2, 0.25) is 0 Å². The molecule has 5 nitrogen and oxygen atoms in total. The van der Waals surface area contributed by atoms with Crippen molar-refractivity contribution in [3.05, 3.63) is 0 Å². The molecule has 2 atom stereocenters. The highest BCUT2D eigenvalue weighted by molar-refractivity contribution is 5.66. The summed E-state index contributed by atoms with van der Waals surface area (Å²) in [6.45, 7) is 1.05. The number of carboxylic acid groups (broad SMARTS) is 1. The normalized spacial score (nSPS) is 28.0. The number of likely N-dealkylation sites (N-methyl/N-ethyl adjacent to an activating group) is 1. The zero-order chi connectivity index (χ0) is 9.84. The minimum Gasteiger partial charge on any atom is -0.465 e. The van der Waals surface area contributed by atoms with Crippen LogP contribution in [-0.2, 0) is 4.74 Å². The number of amides is 1. The van der Waals surface area contributed by atoms with Crippen LogP contribution in [-0.4, -0.2) is 55.5 Å². The van der Waals surface area contributed by atoms with Crippen molar-refractivity contribution in [2.24, 2.45) is 0 Å². The lowest BCUT2D eigenvalue weighted by molar-refractivity contribution is 0.0921. The van der Waals surface area contributed by atoms with E-state index in [2.05, 4.69) is 5.32 Å². The Morgan fingerprint density at radius 3 is 2.92 bits per heavy atom. The van der Waals surface area contributed by atoms with E-state index in [0.717, 1.165) is 6.42 Å². The van der Waals surface area contributed by atoms with Crippen LogP contribution in [0.15, 0.2) is 0 Å². The average Bonchev–Trinajstić information content (AvgIpc) is 2.48. The maximum absolute atomic E-state index is 10.8. The SMILES string of the molecule is CN[C@@H]1CCN(C(=O)O)[C@@H]1COC. The third-order valence-corrected chi connectivity index (χ3v) is 2.50. The Labute approximate surface area is 77.7 Å². The molecule has 13 heavy (non-hydrogen) atoms. The van der Waals surface area contributed by atoms with Gasteiger partial charge in [-0.3, -0.25) is 0 Å². The first-order chi connectivity index (χ1) is 6.20.